The Balaban J connectivity index is 1.98. The molecule has 1 fully saturated rings. The summed E-state index contributed by atoms with van der Waals surface area (Å²) in [6.07, 6.45) is 4.95. The van der Waals surface area contributed by atoms with E-state index in [2.05, 4.69) is 42.9 Å². The van der Waals surface area contributed by atoms with E-state index in [1.54, 1.807) is 0 Å². The number of aromatic nitrogens is 3. The number of carbonyl (C=O) groups is 1. The summed E-state index contributed by atoms with van der Waals surface area (Å²) in [5, 5.41) is 7.87. The van der Waals surface area contributed by atoms with E-state index in [1.165, 1.54) is 37.4 Å². The van der Waals surface area contributed by atoms with E-state index in [1.807, 2.05) is 11.8 Å². The Morgan fingerprint density at radius 2 is 1.77 bits per heavy atom. The Hall–Kier alpha value is -1.04. The monoisotopic (exact) mass is 324 g/mol. The third-order valence-corrected chi connectivity index (χ3v) is 5.17. The highest BCUT2D eigenvalue weighted by atomic mass is 32.2. The van der Waals surface area contributed by atoms with Gasteiger partial charge in [0, 0.05) is 18.0 Å². The lowest BCUT2D eigenvalue weighted by molar-refractivity contribution is -0.133. The summed E-state index contributed by atoms with van der Waals surface area (Å²) in [4.78, 5) is 19.2. The molecule has 1 heterocycles. The van der Waals surface area contributed by atoms with Crippen molar-refractivity contribution in [2.75, 3.05) is 0 Å². The molecule has 1 atom stereocenters. The van der Waals surface area contributed by atoms with Gasteiger partial charge in [-0.2, -0.15) is 0 Å². The Morgan fingerprint density at radius 3 is 2.32 bits per heavy atom. The molecular formula is C16H28N4OS. The van der Waals surface area contributed by atoms with Crippen LogP contribution in [0.15, 0.2) is 5.16 Å². The van der Waals surface area contributed by atoms with Gasteiger partial charge in [0.15, 0.2) is 0 Å². The molecule has 1 saturated carbocycles. The molecule has 124 valence electrons. The molecule has 1 aliphatic carbocycles. The van der Waals surface area contributed by atoms with E-state index >= 15 is 0 Å². The summed E-state index contributed by atoms with van der Waals surface area (Å²) >= 11 is 1.45. The molecule has 0 radical (unpaired) electrons. The maximum Gasteiger partial charge on any atom is 0.236 e. The second-order valence-corrected chi connectivity index (χ2v) is 7.99. The first-order chi connectivity index (χ1) is 10.4. The van der Waals surface area contributed by atoms with E-state index in [9.17, 15) is 4.79 Å². The van der Waals surface area contributed by atoms with Gasteiger partial charge in [-0.3, -0.25) is 9.89 Å². The number of hydrogen-bond donors (Lipinski definition) is 1. The van der Waals surface area contributed by atoms with E-state index in [-0.39, 0.29) is 23.2 Å². The number of aromatic amines is 1. The van der Waals surface area contributed by atoms with Crippen LogP contribution >= 0.6 is 11.8 Å². The number of H-pyrrole nitrogens is 1. The normalized spacial score (nSPS) is 17.4. The van der Waals surface area contributed by atoms with Crippen molar-refractivity contribution >= 4 is 17.7 Å². The topological polar surface area (TPSA) is 61.9 Å². The smallest absolute Gasteiger partial charge is 0.236 e. The fourth-order valence-electron chi connectivity index (χ4n) is 3.22. The predicted octanol–water partition coefficient (Wildman–Crippen LogP) is 3.59. The Kier molecular flexibility index (Phi) is 5.89. The highest BCUT2D eigenvalue weighted by Gasteiger charge is 2.27. The van der Waals surface area contributed by atoms with Gasteiger partial charge in [0.2, 0.25) is 11.1 Å². The van der Waals surface area contributed by atoms with Crippen LogP contribution in [0.4, 0.5) is 0 Å². The summed E-state index contributed by atoms with van der Waals surface area (Å²) in [6.45, 7) is 10.2. The molecule has 1 aromatic rings. The third-order valence-electron chi connectivity index (χ3n) is 4.22. The summed E-state index contributed by atoms with van der Waals surface area (Å²) in [5.74, 6) is 1.67. The summed E-state index contributed by atoms with van der Waals surface area (Å²) in [7, 11) is 0. The molecule has 6 heteroatoms. The Labute approximate surface area is 137 Å². The number of thioether (sulfide) groups is 1. The predicted molar refractivity (Wildman–Crippen MR) is 90.0 cm³/mol. The third kappa shape index (κ3) is 4.03. The van der Waals surface area contributed by atoms with E-state index in [0.29, 0.717) is 11.1 Å². The minimum absolute atomic E-state index is 0.155. The maximum atomic E-state index is 12.6. The lowest BCUT2D eigenvalue weighted by Gasteiger charge is -2.32. The average molecular weight is 324 g/mol. The van der Waals surface area contributed by atoms with Crippen LogP contribution in [0.5, 0.6) is 0 Å². The molecule has 0 aromatic carbocycles. The summed E-state index contributed by atoms with van der Waals surface area (Å²) in [6, 6.07) is 0.411. The quantitative estimate of drug-likeness (QED) is 0.812. The molecular weight excluding hydrogens is 296 g/mol. The van der Waals surface area contributed by atoms with Crippen molar-refractivity contribution in [3.05, 3.63) is 5.82 Å². The lowest BCUT2D eigenvalue weighted by Crippen LogP contribution is -2.45. The van der Waals surface area contributed by atoms with Gasteiger partial charge in [-0.05, 0) is 47.5 Å². The van der Waals surface area contributed by atoms with Crippen molar-refractivity contribution in [3.8, 4) is 0 Å². The molecule has 22 heavy (non-hydrogen) atoms. The Bertz CT molecular complexity index is 486. The van der Waals surface area contributed by atoms with Crippen LogP contribution < -0.4 is 0 Å². The average Bonchev–Trinajstić information content (AvgIpc) is 3.07. The molecule has 1 N–H and O–H groups in total. The second kappa shape index (κ2) is 7.49. The van der Waals surface area contributed by atoms with Gasteiger partial charge in [-0.15, -0.1) is 5.10 Å². The first kappa shape index (κ1) is 17.3. The van der Waals surface area contributed by atoms with Gasteiger partial charge in [-0.25, -0.2) is 4.98 Å². The number of amides is 1. The van der Waals surface area contributed by atoms with Gasteiger partial charge < -0.3 is 4.90 Å². The van der Waals surface area contributed by atoms with Gasteiger partial charge in [0.25, 0.3) is 0 Å². The van der Waals surface area contributed by atoms with Crippen molar-refractivity contribution in [1.82, 2.24) is 20.1 Å². The highest BCUT2D eigenvalue weighted by Crippen LogP contribution is 2.33. The molecule has 5 nitrogen and oxygen atoms in total. The van der Waals surface area contributed by atoms with Crippen molar-refractivity contribution in [3.63, 3.8) is 0 Å². The molecule has 0 saturated heterocycles. The first-order valence-electron chi connectivity index (χ1n) is 8.31. The Morgan fingerprint density at radius 1 is 1.18 bits per heavy atom. The number of carbonyl (C=O) groups excluding carboxylic acids is 1. The molecule has 0 aliphatic heterocycles. The van der Waals surface area contributed by atoms with Crippen LogP contribution in [0.25, 0.3) is 0 Å². The van der Waals surface area contributed by atoms with E-state index in [0.717, 1.165) is 5.82 Å². The zero-order valence-electron chi connectivity index (χ0n) is 14.3. The summed E-state index contributed by atoms with van der Waals surface area (Å²) in [5.41, 5.74) is 0. The highest BCUT2D eigenvalue weighted by molar-refractivity contribution is 8.00. The maximum absolute atomic E-state index is 12.6. The molecule has 1 amide bonds. The van der Waals surface area contributed by atoms with Crippen molar-refractivity contribution in [2.24, 2.45) is 0 Å². The van der Waals surface area contributed by atoms with Crippen LogP contribution in [0.1, 0.15) is 72.0 Å². The molecule has 1 unspecified atom stereocenters. The fourth-order valence-corrected chi connectivity index (χ4v) is 4.00. The van der Waals surface area contributed by atoms with Crippen molar-refractivity contribution in [1.29, 1.82) is 0 Å². The van der Waals surface area contributed by atoms with Crippen molar-refractivity contribution < 1.29 is 4.79 Å². The molecule has 2 rings (SSSR count). The van der Waals surface area contributed by atoms with Crippen LogP contribution in [-0.2, 0) is 4.79 Å². The number of rotatable bonds is 6. The minimum atomic E-state index is -0.169. The minimum Gasteiger partial charge on any atom is -0.337 e. The van der Waals surface area contributed by atoms with Gasteiger partial charge >= 0.3 is 0 Å². The van der Waals surface area contributed by atoms with Gasteiger partial charge in [0.05, 0.1) is 5.25 Å². The zero-order chi connectivity index (χ0) is 16.3. The molecule has 0 spiro atoms. The standard InChI is InChI=1S/C16H28N4OS/c1-10(2)20(11(3)4)15(21)12(5)22-16-17-14(18-19-16)13-8-6-7-9-13/h10-13H,6-9H2,1-5H3,(H,17,18,19). The SMILES string of the molecule is CC(Sc1n[nH]c(C2CCCC2)n1)C(=O)N(C(C)C)C(C)C. The second-order valence-electron chi connectivity index (χ2n) is 6.68. The van der Waals surface area contributed by atoms with E-state index in [4.69, 9.17) is 0 Å². The number of hydrogen-bond acceptors (Lipinski definition) is 4. The summed E-state index contributed by atoms with van der Waals surface area (Å²) < 4.78 is 0. The van der Waals surface area contributed by atoms with Crippen LogP contribution in [0.3, 0.4) is 0 Å². The largest absolute Gasteiger partial charge is 0.337 e. The van der Waals surface area contributed by atoms with Crippen LogP contribution in [-0.4, -0.2) is 43.3 Å². The van der Waals surface area contributed by atoms with Crippen molar-refractivity contribution in [2.45, 2.75) is 88.7 Å². The van der Waals surface area contributed by atoms with Gasteiger partial charge in [0.1, 0.15) is 5.82 Å². The molecule has 0 bridgehead atoms. The number of nitrogens with one attached hydrogen (secondary N) is 1. The fraction of sp³-hybridized carbons (Fsp3) is 0.812. The van der Waals surface area contributed by atoms with Crippen LogP contribution in [0, 0.1) is 0 Å². The lowest BCUT2D eigenvalue weighted by atomic mass is 10.1. The van der Waals surface area contributed by atoms with E-state index < -0.39 is 0 Å². The molecule has 1 aromatic heterocycles. The zero-order valence-corrected chi connectivity index (χ0v) is 15.1. The molecule has 1 aliphatic rings. The van der Waals surface area contributed by atoms with Gasteiger partial charge in [-0.1, -0.05) is 24.6 Å². The number of nitrogens with zero attached hydrogens (tertiary/aromatic N) is 3. The van der Waals surface area contributed by atoms with Crippen LogP contribution in [0.2, 0.25) is 0 Å². The first-order valence-corrected chi connectivity index (χ1v) is 9.19.